The van der Waals surface area contributed by atoms with E-state index in [0.29, 0.717) is 12.2 Å². The normalized spacial score (nSPS) is 10.7. The zero-order valence-corrected chi connectivity index (χ0v) is 14.9. The van der Waals surface area contributed by atoms with E-state index in [1.165, 1.54) is 4.88 Å². The molecule has 0 unspecified atom stereocenters. The van der Waals surface area contributed by atoms with Gasteiger partial charge in [-0.05, 0) is 58.7 Å². The summed E-state index contributed by atoms with van der Waals surface area (Å²) in [6.45, 7) is 0.591. The first-order chi connectivity index (χ1) is 11.2. The molecule has 0 radical (unpaired) electrons. The minimum absolute atomic E-state index is 0.154. The molecule has 118 valence electrons. The van der Waals surface area contributed by atoms with Crippen LogP contribution in [0.1, 0.15) is 15.4 Å². The lowest BCUT2D eigenvalue weighted by Crippen LogP contribution is -2.26. The lowest BCUT2D eigenvalue weighted by Gasteiger charge is -2.06. The molecule has 23 heavy (non-hydrogen) atoms. The Balaban J connectivity index is 1.65. The Kier molecular flexibility index (Phi) is 4.93. The number of thiophene rings is 1. The van der Waals surface area contributed by atoms with E-state index < -0.39 is 0 Å². The van der Waals surface area contributed by atoms with Crippen LogP contribution < -0.4 is 10.1 Å². The van der Waals surface area contributed by atoms with Crippen LogP contribution in [0.15, 0.2) is 46.3 Å². The van der Waals surface area contributed by atoms with Gasteiger partial charge < -0.3 is 10.1 Å². The molecule has 1 aromatic carbocycles. The van der Waals surface area contributed by atoms with Crippen LogP contribution in [0.5, 0.6) is 5.75 Å². The van der Waals surface area contributed by atoms with E-state index in [4.69, 9.17) is 4.74 Å². The highest BCUT2D eigenvalue weighted by Gasteiger charge is 2.08. The molecule has 1 N–H and O–H groups in total. The fraction of sp³-hybridized carbons (Fsp3) is 0.176. The van der Waals surface area contributed by atoms with Crippen LogP contribution in [-0.4, -0.2) is 24.5 Å². The molecule has 6 heteroatoms. The fourth-order valence-corrected chi connectivity index (χ4v) is 3.72. The quantitative estimate of drug-likeness (QED) is 0.714. The van der Waals surface area contributed by atoms with Gasteiger partial charge in [0.05, 0.1) is 16.4 Å². The average Bonchev–Trinajstić information content (AvgIpc) is 2.99. The molecule has 2 heterocycles. The summed E-state index contributed by atoms with van der Waals surface area (Å²) < 4.78 is 6.29. The van der Waals surface area contributed by atoms with E-state index in [0.717, 1.165) is 26.9 Å². The maximum absolute atomic E-state index is 12.2. The molecule has 1 amide bonds. The predicted octanol–water partition coefficient (Wildman–Crippen LogP) is 4.04. The Labute approximate surface area is 146 Å². The Morgan fingerprint density at radius 2 is 2.13 bits per heavy atom. The maximum atomic E-state index is 12.2. The molecule has 0 bridgehead atoms. The summed E-state index contributed by atoms with van der Waals surface area (Å²) in [4.78, 5) is 17.8. The van der Waals surface area contributed by atoms with Gasteiger partial charge in [0.25, 0.3) is 5.91 Å². The molecule has 2 aromatic heterocycles. The van der Waals surface area contributed by atoms with E-state index in [9.17, 15) is 4.79 Å². The average molecular weight is 391 g/mol. The second-order valence-corrected chi connectivity index (χ2v) is 7.51. The standard InChI is InChI=1S/C17H15BrN2O2S/c1-22-12-3-6-14-11(10-12)2-5-15(20-14)17(21)19-9-8-13-4-7-16(18)23-13/h2-7,10H,8-9H2,1H3,(H,19,21). The molecule has 0 saturated heterocycles. The fourth-order valence-electron chi connectivity index (χ4n) is 2.23. The number of carbonyl (C=O) groups excluding carboxylic acids is 1. The molecule has 0 aliphatic heterocycles. The first-order valence-corrected chi connectivity index (χ1v) is 8.74. The van der Waals surface area contributed by atoms with Crippen molar-refractivity contribution >= 4 is 44.1 Å². The van der Waals surface area contributed by atoms with E-state index in [1.54, 1.807) is 24.5 Å². The topological polar surface area (TPSA) is 51.2 Å². The van der Waals surface area contributed by atoms with Gasteiger partial charge >= 0.3 is 0 Å². The molecule has 0 fully saturated rings. The summed E-state index contributed by atoms with van der Waals surface area (Å²) >= 11 is 5.11. The number of nitrogens with zero attached hydrogens (tertiary/aromatic N) is 1. The first kappa shape index (κ1) is 16.0. The number of carbonyl (C=O) groups is 1. The minimum atomic E-state index is -0.154. The van der Waals surface area contributed by atoms with Crippen molar-refractivity contribution in [3.8, 4) is 5.75 Å². The number of halogens is 1. The highest BCUT2D eigenvalue weighted by Crippen LogP contribution is 2.22. The van der Waals surface area contributed by atoms with Crippen molar-refractivity contribution in [3.63, 3.8) is 0 Å². The molecule has 4 nitrogen and oxygen atoms in total. The number of methoxy groups -OCH3 is 1. The monoisotopic (exact) mass is 390 g/mol. The molecule has 0 spiro atoms. The molecule has 3 aromatic rings. The number of aromatic nitrogens is 1. The SMILES string of the molecule is COc1ccc2nc(C(=O)NCCc3ccc(Br)s3)ccc2c1. The van der Waals surface area contributed by atoms with Crippen molar-refractivity contribution < 1.29 is 9.53 Å². The van der Waals surface area contributed by atoms with E-state index >= 15 is 0 Å². The molecule has 0 saturated carbocycles. The first-order valence-electron chi connectivity index (χ1n) is 7.13. The van der Waals surface area contributed by atoms with Gasteiger partial charge in [0, 0.05) is 16.8 Å². The third-order valence-electron chi connectivity index (χ3n) is 3.41. The van der Waals surface area contributed by atoms with Crippen molar-refractivity contribution in [2.45, 2.75) is 6.42 Å². The van der Waals surface area contributed by atoms with Crippen LogP contribution in [0.2, 0.25) is 0 Å². The molecule has 3 rings (SSSR count). The lowest BCUT2D eigenvalue weighted by molar-refractivity contribution is 0.0949. The number of ether oxygens (including phenoxy) is 1. The van der Waals surface area contributed by atoms with E-state index in [2.05, 4.69) is 32.3 Å². The number of hydrogen-bond acceptors (Lipinski definition) is 4. The number of rotatable bonds is 5. The number of pyridine rings is 1. The molecular formula is C17H15BrN2O2S. The van der Waals surface area contributed by atoms with Crippen molar-refractivity contribution in [1.29, 1.82) is 0 Å². The van der Waals surface area contributed by atoms with Gasteiger partial charge in [-0.2, -0.15) is 0 Å². The summed E-state index contributed by atoms with van der Waals surface area (Å²) in [5.74, 6) is 0.622. The summed E-state index contributed by atoms with van der Waals surface area (Å²) in [7, 11) is 1.63. The number of amides is 1. The largest absolute Gasteiger partial charge is 0.497 e. The van der Waals surface area contributed by atoms with Crippen molar-refractivity contribution in [2.24, 2.45) is 0 Å². The second-order valence-electron chi connectivity index (χ2n) is 4.97. The van der Waals surface area contributed by atoms with Crippen LogP contribution in [0.25, 0.3) is 10.9 Å². The molecule has 0 aliphatic rings. The maximum Gasteiger partial charge on any atom is 0.269 e. The summed E-state index contributed by atoms with van der Waals surface area (Å²) in [6, 6.07) is 13.3. The second kappa shape index (κ2) is 7.10. The van der Waals surface area contributed by atoms with Gasteiger partial charge in [-0.15, -0.1) is 11.3 Å². The molecule has 0 aliphatic carbocycles. The van der Waals surface area contributed by atoms with Crippen LogP contribution in [0.3, 0.4) is 0 Å². The Morgan fingerprint density at radius 1 is 1.26 bits per heavy atom. The highest BCUT2D eigenvalue weighted by atomic mass is 79.9. The summed E-state index contributed by atoms with van der Waals surface area (Å²) in [5.41, 5.74) is 1.20. The van der Waals surface area contributed by atoms with E-state index in [1.807, 2.05) is 30.3 Å². The highest BCUT2D eigenvalue weighted by molar-refractivity contribution is 9.11. The smallest absolute Gasteiger partial charge is 0.269 e. The third-order valence-corrected chi connectivity index (χ3v) is 5.10. The van der Waals surface area contributed by atoms with Gasteiger partial charge in [-0.25, -0.2) is 4.98 Å². The van der Waals surface area contributed by atoms with Gasteiger partial charge in [-0.3, -0.25) is 4.79 Å². The van der Waals surface area contributed by atoms with Crippen LogP contribution in [0, 0.1) is 0 Å². The number of benzene rings is 1. The Hall–Kier alpha value is -1.92. The van der Waals surface area contributed by atoms with Crippen LogP contribution in [-0.2, 0) is 6.42 Å². The van der Waals surface area contributed by atoms with Crippen molar-refractivity contribution in [2.75, 3.05) is 13.7 Å². The van der Waals surface area contributed by atoms with Crippen molar-refractivity contribution in [3.05, 3.63) is 56.8 Å². The van der Waals surface area contributed by atoms with Gasteiger partial charge in [-0.1, -0.05) is 6.07 Å². The van der Waals surface area contributed by atoms with Gasteiger partial charge in [0.1, 0.15) is 11.4 Å². The van der Waals surface area contributed by atoms with Crippen molar-refractivity contribution in [1.82, 2.24) is 10.3 Å². The predicted molar refractivity (Wildman–Crippen MR) is 96.4 cm³/mol. The van der Waals surface area contributed by atoms with Crippen LogP contribution in [0.4, 0.5) is 0 Å². The zero-order chi connectivity index (χ0) is 16.2. The number of nitrogens with one attached hydrogen (secondary N) is 1. The third kappa shape index (κ3) is 3.89. The number of fused-ring (bicyclic) bond motifs is 1. The number of hydrogen-bond donors (Lipinski definition) is 1. The van der Waals surface area contributed by atoms with Gasteiger partial charge in [0.2, 0.25) is 0 Å². The summed E-state index contributed by atoms with van der Waals surface area (Å²) in [6.07, 6.45) is 0.812. The Morgan fingerprint density at radius 3 is 2.87 bits per heavy atom. The lowest BCUT2D eigenvalue weighted by atomic mass is 10.2. The van der Waals surface area contributed by atoms with Gasteiger partial charge in [0.15, 0.2) is 0 Å². The summed E-state index contributed by atoms with van der Waals surface area (Å²) in [5, 5.41) is 3.86. The van der Waals surface area contributed by atoms with E-state index in [-0.39, 0.29) is 5.91 Å². The molecule has 0 atom stereocenters. The molecular weight excluding hydrogens is 376 g/mol. The Bertz CT molecular complexity index is 847. The minimum Gasteiger partial charge on any atom is -0.497 e. The zero-order valence-electron chi connectivity index (χ0n) is 12.5. The van der Waals surface area contributed by atoms with Crippen LogP contribution >= 0.6 is 27.3 Å².